The second-order valence-electron chi connectivity index (χ2n) is 6.22. The second-order valence-corrected chi connectivity index (χ2v) is 8.11. The van der Waals surface area contributed by atoms with Crippen molar-refractivity contribution in [3.8, 4) is 0 Å². The molecule has 1 saturated heterocycles. The van der Waals surface area contributed by atoms with Gasteiger partial charge in [0.1, 0.15) is 0 Å². The number of hydrogen-bond acceptors (Lipinski definition) is 5. The standard InChI is InChI=1S/C20H22N2O2S2/c1-25-18-7-3-2-6-17(18)20(24)15-5-4-12-22(13-15)19(23)14-26-16-8-10-21-11-9-16/h2-3,6-11,15H,4-5,12-14H2,1H3. The van der Waals surface area contributed by atoms with Crippen molar-refractivity contribution in [1.29, 1.82) is 0 Å². The minimum atomic E-state index is -0.105. The summed E-state index contributed by atoms with van der Waals surface area (Å²) in [5.74, 6) is 0.551. The molecule has 0 radical (unpaired) electrons. The summed E-state index contributed by atoms with van der Waals surface area (Å²) in [6.07, 6.45) is 7.17. The summed E-state index contributed by atoms with van der Waals surface area (Å²) in [4.78, 5) is 33.4. The maximum atomic E-state index is 13.0. The Labute approximate surface area is 162 Å². The summed E-state index contributed by atoms with van der Waals surface area (Å²) in [6, 6.07) is 11.5. The highest BCUT2D eigenvalue weighted by atomic mass is 32.2. The molecular formula is C20H22N2O2S2. The van der Waals surface area contributed by atoms with Gasteiger partial charge in [-0.05, 0) is 37.3 Å². The van der Waals surface area contributed by atoms with Crippen LogP contribution in [-0.4, -0.2) is 46.7 Å². The van der Waals surface area contributed by atoms with Crippen LogP contribution in [0.1, 0.15) is 23.2 Å². The fraction of sp³-hybridized carbons (Fsp3) is 0.350. The highest BCUT2D eigenvalue weighted by molar-refractivity contribution is 8.00. The third kappa shape index (κ3) is 4.68. The van der Waals surface area contributed by atoms with E-state index in [1.54, 1.807) is 24.2 Å². The van der Waals surface area contributed by atoms with E-state index >= 15 is 0 Å². The van der Waals surface area contributed by atoms with E-state index in [1.165, 1.54) is 11.8 Å². The first-order valence-corrected chi connectivity index (χ1v) is 10.9. The third-order valence-electron chi connectivity index (χ3n) is 4.53. The van der Waals surface area contributed by atoms with Crippen LogP contribution in [0.25, 0.3) is 0 Å². The minimum absolute atomic E-state index is 0.0995. The van der Waals surface area contributed by atoms with Gasteiger partial charge in [-0.25, -0.2) is 0 Å². The van der Waals surface area contributed by atoms with E-state index < -0.39 is 0 Å². The van der Waals surface area contributed by atoms with E-state index in [2.05, 4.69) is 4.98 Å². The summed E-state index contributed by atoms with van der Waals surface area (Å²) >= 11 is 3.11. The molecule has 1 atom stereocenters. The molecule has 3 rings (SSSR count). The van der Waals surface area contributed by atoms with Gasteiger partial charge in [0.25, 0.3) is 0 Å². The topological polar surface area (TPSA) is 50.3 Å². The predicted molar refractivity (Wildman–Crippen MR) is 107 cm³/mol. The van der Waals surface area contributed by atoms with Crippen LogP contribution in [0.15, 0.2) is 58.6 Å². The van der Waals surface area contributed by atoms with Crippen LogP contribution >= 0.6 is 23.5 Å². The molecule has 0 bridgehead atoms. The highest BCUT2D eigenvalue weighted by Crippen LogP contribution is 2.27. The molecule has 2 heterocycles. The summed E-state index contributed by atoms with van der Waals surface area (Å²) in [6.45, 7) is 1.26. The Morgan fingerprint density at radius 1 is 1.19 bits per heavy atom. The van der Waals surface area contributed by atoms with Crippen LogP contribution in [0.5, 0.6) is 0 Å². The van der Waals surface area contributed by atoms with Crippen LogP contribution in [0.4, 0.5) is 0 Å². The molecule has 0 aliphatic carbocycles. The first-order chi connectivity index (χ1) is 12.7. The van der Waals surface area contributed by atoms with Crippen molar-refractivity contribution in [3.05, 3.63) is 54.4 Å². The van der Waals surface area contributed by atoms with Gasteiger partial charge in [0.15, 0.2) is 5.78 Å². The predicted octanol–water partition coefficient (Wildman–Crippen LogP) is 4.02. The number of rotatable bonds is 6. The molecule has 1 aliphatic heterocycles. The Bertz CT molecular complexity index is 767. The molecule has 0 saturated carbocycles. The summed E-state index contributed by atoms with van der Waals surface area (Å²) in [5.41, 5.74) is 0.783. The first kappa shape index (κ1) is 19.0. The molecule has 1 aromatic carbocycles. The van der Waals surface area contributed by atoms with Crippen LogP contribution in [0.3, 0.4) is 0 Å². The zero-order valence-electron chi connectivity index (χ0n) is 14.8. The molecule has 0 spiro atoms. The zero-order chi connectivity index (χ0) is 18.4. The van der Waals surface area contributed by atoms with E-state index in [1.807, 2.05) is 47.6 Å². The molecule has 1 amide bonds. The number of hydrogen-bond donors (Lipinski definition) is 0. The van der Waals surface area contributed by atoms with Gasteiger partial charge in [0.05, 0.1) is 5.75 Å². The van der Waals surface area contributed by atoms with Gasteiger partial charge in [-0.3, -0.25) is 14.6 Å². The largest absolute Gasteiger partial charge is 0.341 e. The number of thioether (sulfide) groups is 2. The number of amides is 1. The number of nitrogens with zero attached hydrogens (tertiary/aromatic N) is 2. The SMILES string of the molecule is CSc1ccccc1C(=O)C1CCCN(C(=O)CSc2ccncc2)C1. The molecule has 26 heavy (non-hydrogen) atoms. The average Bonchev–Trinajstić information content (AvgIpc) is 2.72. The van der Waals surface area contributed by atoms with Crippen molar-refractivity contribution in [1.82, 2.24) is 9.88 Å². The van der Waals surface area contributed by atoms with Crippen LogP contribution in [0, 0.1) is 5.92 Å². The molecule has 1 unspecified atom stereocenters. The summed E-state index contributed by atoms with van der Waals surface area (Å²) in [7, 11) is 0. The molecule has 1 aromatic heterocycles. The number of ketones is 1. The van der Waals surface area contributed by atoms with Crippen molar-refractivity contribution >= 4 is 35.2 Å². The normalized spacial score (nSPS) is 17.1. The Morgan fingerprint density at radius 3 is 2.73 bits per heavy atom. The molecule has 0 N–H and O–H groups in total. The Hall–Kier alpha value is -1.79. The summed E-state index contributed by atoms with van der Waals surface area (Å²) < 4.78 is 0. The lowest BCUT2D eigenvalue weighted by atomic mass is 9.90. The second kappa shape index (κ2) is 9.24. The molecule has 4 nitrogen and oxygen atoms in total. The number of aromatic nitrogens is 1. The molecule has 2 aromatic rings. The monoisotopic (exact) mass is 386 g/mol. The van der Waals surface area contributed by atoms with Crippen molar-refractivity contribution in [2.45, 2.75) is 22.6 Å². The quantitative estimate of drug-likeness (QED) is 0.554. The van der Waals surface area contributed by atoms with Gasteiger partial charge >= 0.3 is 0 Å². The minimum Gasteiger partial charge on any atom is -0.341 e. The van der Waals surface area contributed by atoms with E-state index in [-0.39, 0.29) is 17.6 Å². The lowest BCUT2D eigenvalue weighted by Gasteiger charge is -2.32. The number of pyridine rings is 1. The third-order valence-corrected chi connectivity index (χ3v) is 6.32. The van der Waals surface area contributed by atoms with Gasteiger partial charge in [-0.15, -0.1) is 23.5 Å². The number of carbonyl (C=O) groups is 2. The number of Topliss-reactive ketones (excluding diaryl/α,β-unsaturated/α-hetero) is 1. The van der Waals surface area contributed by atoms with Gasteiger partial charge in [-0.2, -0.15) is 0 Å². The van der Waals surface area contributed by atoms with Gasteiger partial charge in [0.2, 0.25) is 5.91 Å². The van der Waals surface area contributed by atoms with Gasteiger partial charge in [0, 0.05) is 46.8 Å². The number of benzene rings is 1. The van der Waals surface area contributed by atoms with Gasteiger partial charge in [-0.1, -0.05) is 18.2 Å². The highest BCUT2D eigenvalue weighted by Gasteiger charge is 2.29. The van der Waals surface area contributed by atoms with E-state index in [0.717, 1.165) is 34.7 Å². The molecule has 136 valence electrons. The maximum Gasteiger partial charge on any atom is 0.232 e. The Morgan fingerprint density at radius 2 is 1.96 bits per heavy atom. The Kier molecular flexibility index (Phi) is 6.74. The molecule has 1 fully saturated rings. The van der Waals surface area contributed by atoms with E-state index in [9.17, 15) is 9.59 Å². The van der Waals surface area contributed by atoms with E-state index in [0.29, 0.717) is 12.3 Å². The fourth-order valence-electron chi connectivity index (χ4n) is 3.16. The van der Waals surface area contributed by atoms with Crippen molar-refractivity contribution in [3.63, 3.8) is 0 Å². The first-order valence-electron chi connectivity index (χ1n) is 8.67. The number of piperidine rings is 1. The zero-order valence-corrected chi connectivity index (χ0v) is 16.4. The molecular weight excluding hydrogens is 364 g/mol. The van der Waals surface area contributed by atoms with Crippen LogP contribution in [0.2, 0.25) is 0 Å². The van der Waals surface area contributed by atoms with Crippen molar-refractivity contribution < 1.29 is 9.59 Å². The average molecular weight is 387 g/mol. The van der Waals surface area contributed by atoms with Crippen LogP contribution < -0.4 is 0 Å². The Balaban J connectivity index is 1.61. The number of likely N-dealkylation sites (tertiary alicyclic amines) is 1. The lowest BCUT2D eigenvalue weighted by molar-refractivity contribution is -0.129. The lowest BCUT2D eigenvalue weighted by Crippen LogP contribution is -2.43. The molecule has 6 heteroatoms. The van der Waals surface area contributed by atoms with Crippen LogP contribution in [-0.2, 0) is 4.79 Å². The molecule has 1 aliphatic rings. The van der Waals surface area contributed by atoms with Gasteiger partial charge < -0.3 is 4.90 Å². The summed E-state index contributed by atoms with van der Waals surface area (Å²) in [5, 5.41) is 0. The van der Waals surface area contributed by atoms with Crippen molar-refractivity contribution in [2.24, 2.45) is 5.92 Å². The maximum absolute atomic E-state index is 13.0. The fourth-order valence-corrected chi connectivity index (χ4v) is 4.55. The van der Waals surface area contributed by atoms with Crippen molar-refractivity contribution in [2.75, 3.05) is 25.1 Å². The number of carbonyl (C=O) groups excluding carboxylic acids is 2. The van der Waals surface area contributed by atoms with E-state index in [4.69, 9.17) is 0 Å². The smallest absolute Gasteiger partial charge is 0.232 e.